The zero-order chi connectivity index (χ0) is 12.8. The number of rotatable bonds is 5. The lowest BCUT2D eigenvalue weighted by atomic mass is 10.1. The number of allylic oxidation sites excluding steroid dienone is 3. The average molecular weight is 232 g/mol. The standard InChI is InChI=1S/C15H24N2/c1-12(2)7-6-8-14(5)9-15-10-16-11-17(15)13(3)4/h7,9-11,13H,6,8H2,1-5H3/b14-9+. The van der Waals surface area contributed by atoms with E-state index in [2.05, 4.69) is 56.3 Å². The molecule has 0 saturated carbocycles. The van der Waals surface area contributed by atoms with Crippen molar-refractivity contribution in [1.29, 1.82) is 0 Å². The first kappa shape index (κ1) is 13.8. The van der Waals surface area contributed by atoms with Crippen molar-refractivity contribution in [3.05, 3.63) is 35.4 Å². The second kappa shape index (κ2) is 6.43. The highest BCUT2D eigenvalue weighted by molar-refractivity contribution is 5.48. The lowest BCUT2D eigenvalue weighted by molar-refractivity contribution is 0.595. The van der Waals surface area contributed by atoms with Crippen LogP contribution in [0.5, 0.6) is 0 Å². The van der Waals surface area contributed by atoms with Gasteiger partial charge in [0.15, 0.2) is 0 Å². The monoisotopic (exact) mass is 232 g/mol. The van der Waals surface area contributed by atoms with Crippen LogP contribution in [0.15, 0.2) is 29.7 Å². The van der Waals surface area contributed by atoms with Crippen LogP contribution in [-0.4, -0.2) is 9.55 Å². The molecule has 0 aromatic carbocycles. The van der Waals surface area contributed by atoms with Crippen LogP contribution in [0.2, 0.25) is 0 Å². The van der Waals surface area contributed by atoms with Gasteiger partial charge < -0.3 is 4.57 Å². The Kier molecular flexibility index (Phi) is 5.20. The predicted octanol–water partition coefficient (Wildman–Crippen LogP) is 4.61. The zero-order valence-corrected chi connectivity index (χ0v) is 11.7. The molecule has 0 spiro atoms. The molecule has 1 aromatic rings. The van der Waals surface area contributed by atoms with Gasteiger partial charge in [-0.3, -0.25) is 0 Å². The van der Waals surface area contributed by atoms with Gasteiger partial charge in [0, 0.05) is 6.04 Å². The quantitative estimate of drug-likeness (QED) is 0.678. The summed E-state index contributed by atoms with van der Waals surface area (Å²) < 4.78 is 2.20. The predicted molar refractivity (Wildman–Crippen MR) is 74.9 cm³/mol. The second-order valence-electron chi connectivity index (χ2n) is 5.13. The maximum Gasteiger partial charge on any atom is 0.0953 e. The van der Waals surface area contributed by atoms with E-state index in [9.17, 15) is 0 Å². The van der Waals surface area contributed by atoms with Crippen molar-refractivity contribution in [2.24, 2.45) is 0 Å². The van der Waals surface area contributed by atoms with E-state index in [1.807, 2.05) is 12.5 Å². The Morgan fingerprint density at radius 1 is 1.35 bits per heavy atom. The molecular formula is C15H24N2. The number of imidazole rings is 1. The highest BCUT2D eigenvalue weighted by Crippen LogP contribution is 2.15. The van der Waals surface area contributed by atoms with Crippen molar-refractivity contribution >= 4 is 6.08 Å². The molecule has 0 aliphatic carbocycles. The van der Waals surface area contributed by atoms with E-state index >= 15 is 0 Å². The van der Waals surface area contributed by atoms with Crippen molar-refractivity contribution < 1.29 is 0 Å². The molecule has 0 fully saturated rings. The fourth-order valence-electron chi connectivity index (χ4n) is 1.77. The van der Waals surface area contributed by atoms with Gasteiger partial charge in [0.1, 0.15) is 0 Å². The highest BCUT2D eigenvalue weighted by Gasteiger charge is 2.02. The maximum absolute atomic E-state index is 4.21. The van der Waals surface area contributed by atoms with Gasteiger partial charge in [-0.2, -0.15) is 0 Å². The Morgan fingerprint density at radius 3 is 2.65 bits per heavy atom. The van der Waals surface area contributed by atoms with E-state index < -0.39 is 0 Å². The van der Waals surface area contributed by atoms with E-state index in [0.29, 0.717) is 6.04 Å². The third-order valence-corrected chi connectivity index (χ3v) is 2.74. The maximum atomic E-state index is 4.21. The summed E-state index contributed by atoms with van der Waals surface area (Å²) in [5.74, 6) is 0. The molecule has 1 aromatic heterocycles. The first-order chi connectivity index (χ1) is 8.00. The summed E-state index contributed by atoms with van der Waals surface area (Å²) in [5, 5.41) is 0. The number of nitrogens with zero attached hydrogens (tertiary/aromatic N) is 2. The van der Waals surface area contributed by atoms with E-state index in [1.54, 1.807) is 0 Å². The normalized spacial score (nSPS) is 12.0. The third kappa shape index (κ3) is 4.59. The van der Waals surface area contributed by atoms with Crippen molar-refractivity contribution in [3.8, 4) is 0 Å². The van der Waals surface area contributed by atoms with Gasteiger partial charge >= 0.3 is 0 Å². The van der Waals surface area contributed by atoms with Crippen molar-refractivity contribution in [3.63, 3.8) is 0 Å². The van der Waals surface area contributed by atoms with E-state index in [-0.39, 0.29) is 0 Å². The van der Waals surface area contributed by atoms with Crippen molar-refractivity contribution in [2.45, 2.75) is 53.5 Å². The average Bonchev–Trinajstić information content (AvgIpc) is 2.65. The molecule has 0 bridgehead atoms. The Hall–Kier alpha value is -1.31. The second-order valence-corrected chi connectivity index (χ2v) is 5.13. The van der Waals surface area contributed by atoms with Gasteiger partial charge in [-0.25, -0.2) is 4.98 Å². The van der Waals surface area contributed by atoms with Crippen LogP contribution >= 0.6 is 0 Å². The summed E-state index contributed by atoms with van der Waals surface area (Å²) in [6.45, 7) is 10.8. The van der Waals surface area contributed by atoms with Gasteiger partial charge in [-0.05, 0) is 53.5 Å². The van der Waals surface area contributed by atoms with Gasteiger partial charge in [-0.1, -0.05) is 17.2 Å². The minimum Gasteiger partial charge on any atom is -0.329 e. The zero-order valence-electron chi connectivity index (χ0n) is 11.7. The third-order valence-electron chi connectivity index (χ3n) is 2.74. The molecule has 94 valence electrons. The highest BCUT2D eigenvalue weighted by atomic mass is 15.1. The van der Waals surface area contributed by atoms with Gasteiger partial charge in [-0.15, -0.1) is 0 Å². The summed E-state index contributed by atoms with van der Waals surface area (Å²) in [5.41, 5.74) is 4.00. The first-order valence-corrected chi connectivity index (χ1v) is 6.33. The van der Waals surface area contributed by atoms with Gasteiger partial charge in [0.25, 0.3) is 0 Å². The largest absolute Gasteiger partial charge is 0.329 e. The fraction of sp³-hybridized carbons (Fsp3) is 0.533. The molecule has 0 saturated heterocycles. The SMILES string of the molecule is CC(C)=CCC/C(C)=C/c1cncn1C(C)C. The van der Waals surface area contributed by atoms with Crippen LogP contribution in [0.1, 0.15) is 59.2 Å². The van der Waals surface area contributed by atoms with Crippen LogP contribution in [0.25, 0.3) is 6.08 Å². The van der Waals surface area contributed by atoms with Gasteiger partial charge in [0.05, 0.1) is 18.2 Å². The Labute approximate surface area is 105 Å². The summed E-state index contributed by atoms with van der Waals surface area (Å²) in [6.07, 6.45) is 10.6. The Balaban J connectivity index is 2.67. The Bertz CT molecular complexity index is 404. The van der Waals surface area contributed by atoms with E-state index in [0.717, 1.165) is 12.8 Å². The van der Waals surface area contributed by atoms with Crippen molar-refractivity contribution in [1.82, 2.24) is 9.55 Å². The molecule has 0 atom stereocenters. The molecule has 0 N–H and O–H groups in total. The molecule has 1 rings (SSSR count). The van der Waals surface area contributed by atoms with Crippen LogP contribution in [0, 0.1) is 0 Å². The van der Waals surface area contributed by atoms with Crippen LogP contribution in [0.4, 0.5) is 0 Å². The molecule has 0 aliphatic heterocycles. The number of hydrogen-bond donors (Lipinski definition) is 0. The molecule has 2 heteroatoms. The van der Waals surface area contributed by atoms with E-state index in [1.165, 1.54) is 16.8 Å². The van der Waals surface area contributed by atoms with Crippen LogP contribution in [0.3, 0.4) is 0 Å². The molecule has 1 heterocycles. The minimum absolute atomic E-state index is 0.467. The smallest absolute Gasteiger partial charge is 0.0953 e. The summed E-state index contributed by atoms with van der Waals surface area (Å²) in [4.78, 5) is 4.21. The Morgan fingerprint density at radius 2 is 2.06 bits per heavy atom. The molecule has 0 amide bonds. The number of hydrogen-bond acceptors (Lipinski definition) is 1. The summed E-state index contributed by atoms with van der Waals surface area (Å²) in [6, 6.07) is 0.467. The molecule has 2 nitrogen and oxygen atoms in total. The van der Waals surface area contributed by atoms with Crippen molar-refractivity contribution in [2.75, 3.05) is 0 Å². The van der Waals surface area contributed by atoms with Crippen LogP contribution in [-0.2, 0) is 0 Å². The minimum atomic E-state index is 0.467. The number of aromatic nitrogens is 2. The molecule has 17 heavy (non-hydrogen) atoms. The lowest BCUT2D eigenvalue weighted by Gasteiger charge is -2.09. The fourth-order valence-corrected chi connectivity index (χ4v) is 1.77. The lowest BCUT2D eigenvalue weighted by Crippen LogP contribution is -2.00. The first-order valence-electron chi connectivity index (χ1n) is 6.33. The molecule has 0 radical (unpaired) electrons. The van der Waals surface area contributed by atoms with E-state index in [4.69, 9.17) is 0 Å². The molecule has 0 unspecified atom stereocenters. The summed E-state index contributed by atoms with van der Waals surface area (Å²) in [7, 11) is 0. The summed E-state index contributed by atoms with van der Waals surface area (Å²) >= 11 is 0. The molecular weight excluding hydrogens is 208 g/mol. The molecule has 0 aliphatic rings. The van der Waals surface area contributed by atoms with Gasteiger partial charge in [0.2, 0.25) is 0 Å². The topological polar surface area (TPSA) is 17.8 Å². The van der Waals surface area contributed by atoms with Crippen LogP contribution < -0.4 is 0 Å².